The lowest BCUT2D eigenvalue weighted by atomic mass is 9.65. The molecule has 3 heteroatoms. The van der Waals surface area contributed by atoms with Crippen molar-refractivity contribution < 1.29 is 0 Å². The van der Waals surface area contributed by atoms with Gasteiger partial charge in [0, 0.05) is 47.8 Å². The maximum Gasteiger partial charge on any atom is 0.0755 e. The van der Waals surface area contributed by atoms with Gasteiger partial charge in [0.05, 0.1) is 33.5 Å². The number of hydrogen-bond donors (Lipinski definition) is 0. The molecule has 70 heavy (non-hydrogen) atoms. The molecule has 0 fully saturated rings. The Bertz CT molecular complexity index is 4240. The molecule has 0 radical (unpaired) electrons. The third kappa shape index (κ3) is 5.44. The highest BCUT2D eigenvalue weighted by molar-refractivity contribution is 7.26. The number of thiophene rings is 1. The van der Waals surface area contributed by atoms with Gasteiger partial charge in [0.1, 0.15) is 0 Å². The van der Waals surface area contributed by atoms with Crippen molar-refractivity contribution in [2.24, 2.45) is 0 Å². The monoisotopic (exact) mass is 906 g/mol. The summed E-state index contributed by atoms with van der Waals surface area (Å²) in [5, 5.41) is 5.18. The quantitative estimate of drug-likeness (QED) is 0.161. The second kappa shape index (κ2) is 15.1. The van der Waals surface area contributed by atoms with Crippen LogP contribution in [0.2, 0.25) is 0 Å². The normalized spacial score (nSPS) is 14.3. The molecule has 0 bridgehead atoms. The fourth-order valence-corrected chi connectivity index (χ4v) is 13.6. The van der Waals surface area contributed by atoms with E-state index in [1.807, 2.05) is 11.3 Å². The first-order valence-electron chi connectivity index (χ1n) is 24.2. The maximum atomic E-state index is 2.53. The highest BCUT2D eigenvalue weighted by atomic mass is 32.1. The van der Waals surface area contributed by atoms with E-state index in [2.05, 4.69) is 264 Å². The maximum absolute atomic E-state index is 2.53. The van der Waals surface area contributed by atoms with Gasteiger partial charge in [-0.15, -0.1) is 11.3 Å². The van der Waals surface area contributed by atoms with Gasteiger partial charge in [-0.3, -0.25) is 0 Å². The number of aromatic nitrogens is 1. The standard InChI is InChI=1S/C67H42N2S/c1-2-17-43(18-3-1)44-35-37-45(38-36-44)48-19-5-10-30-59(48)68(47-41-39-46(40-42-47)49-23-14-25-53-51-21-7-13-34-63(51)70-66(49)53)62-33-16-28-57-64(62)54-22-4-8-26-55(54)67(57)56-27-9-12-32-61(56)69-60-31-11-6-20-50(60)52-24-15-29-58(67)65(52)69/h1-42H. The first-order chi connectivity index (χ1) is 34.8. The Balaban J connectivity index is 0.985. The van der Waals surface area contributed by atoms with Crippen LogP contribution in [0.3, 0.4) is 0 Å². The molecule has 2 aromatic heterocycles. The van der Waals surface area contributed by atoms with Crippen molar-refractivity contribution in [3.8, 4) is 50.2 Å². The molecule has 1 aliphatic heterocycles. The zero-order chi connectivity index (χ0) is 45.9. The fourth-order valence-electron chi connectivity index (χ4n) is 12.3. The van der Waals surface area contributed by atoms with Crippen molar-refractivity contribution in [1.29, 1.82) is 0 Å². The number of fused-ring (bicyclic) bond motifs is 15. The van der Waals surface area contributed by atoms with Crippen molar-refractivity contribution in [3.63, 3.8) is 0 Å². The lowest BCUT2D eigenvalue weighted by Crippen LogP contribution is -2.33. The van der Waals surface area contributed by atoms with Crippen LogP contribution in [-0.2, 0) is 5.41 Å². The highest BCUT2D eigenvalue weighted by Gasteiger charge is 2.51. The number of anilines is 3. The lowest BCUT2D eigenvalue weighted by Gasteiger charge is -2.39. The van der Waals surface area contributed by atoms with E-state index < -0.39 is 5.41 Å². The fraction of sp³-hybridized carbons (Fsp3) is 0.0149. The molecule has 11 aromatic carbocycles. The molecule has 1 atom stereocenters. The van der Waals surface area contributed by atoms with Gasteiger partial charge >= 0.3 is 0 Å². The molecule has 1 unspecified atom stereocenters. The van der Waals surface area contributed by atoms with Gasteiger partial charge in [-0.05, 0) is 98.1 Å². The van der Waals surface area contributed by atoms with Gasteiger partial charge in [-0.2, -0.15) is 0 Å². The molecule has 2 nitrogen and oxygen atoms in total. The van der Waals surface area contributed by atoms with E-state index >= 15 is 0 Å². The van der Waals surface area contributed by atoms with Gasteiger partial charge in [0.2, 0.25) is 0 Å². The SMILES string of the molecule is c1ccc(-c2ccc(-c3ccccc3N(c3ccc(-c4cccc5c4sc4ccccc45)cc3)c3cccc4c3-c3ccccc3C43c4ccccc4-n4c5ccccc5c5cccc3c54)cc2)cc1. The van der Waals surface area contributed by atoms with Crippen molar-refractivity contribution in [3.05, 3.63) is 277 Å². The first kappa shape index (κ1) is 39.3. The van der Waals surface area contributed by atoms with E-state index in [1.165, 1.54) is 109 Å². The molecular formula is C67H42N2S. The van der Waals surface area contributed by atoms with E-state index in [1.54, 1.807) is 0 Å². The van der Waals surface area contributed by atoms with Crippen LogP contribution in [0.4, 0.5) is 17.1 Å². The smallest absolute Gasteiger partial charge is 0.0755 e. The predicted octanol–water partition coefficient (Wildman–Crippen LogP) is 18.3. The third-order valence-corrected chi connectivity index (χ3v) is 16.4. The summed E-state index contributed by atoms with van der Waals surface area (Å²) in [5.74, 6) is 0. The lowest BCUT2D eigenvalue weighted by molar-refractivity contribution is 0.748. The van der Waals surface area contributed by atoms with Crippen molar-refractivity contribution in [1.82, 2.24) is 4.57 Å². The van der Waals surface area contributed by atoms with Crippen LogP contribution in [-0.4, -0.2) is 4.57 Å². The van der Waals surface area contributed by atoms with Crippen LogP contribution >= 0.6 is 11.3 Å². The van der Waals surface area contributed by atoms with Crippen LogP contribution in [0.25, 0.3) is 92.2 Å². The van der Waals surface area contributed by atoms with Crippen molar-refractivity contribution >= 4 is 70.4 Å². The second-order valence-electron chi connectivity index (χ2n) is 18.7. The summed E-state index contributed by atoms with van der Waals surface area (Å²) >= 11 is 1.88. The van der Waals surface area contributed by atoms with E-state index in [0.717, 1.165) is 22.6 Å². The summed E-state index contributed by atoms with van der Waals surface area (Å²) in [6, 6.07) is 94.9. The summed E-state index contributed by atoms with van der Waals surface area (Å²) in [6.07, 6.45) is 0. The Labute approximate surface area is 410 Å². The molecule has 0 N–H and O–H groups in total. The van der Waals surface area contributed by atoms with Crippen molar-refractivity contribution in [2.45, 2.75) is 5.41 Å². The van der Waals surface area contributed by atoms with E-state index in [0.29, 0.717) is 0 Å². The van der Waals surface area contributed by atoms with E-state index in [9.17, 15) is 0 Å². The predicted molar refractivity (Wildman–Crippen MR) is 296 cm³/mol. The first-order valence-corrected chi connectivity index (χ1v) is 25.0. The minimum Gasteiger partial charge on any atom is -0.309 e. The molecule has 326 valence electrons. The van der Waals surface area contributed by atoms with E-state index in [4.69, 9.17) is 0 Å². The van der Waals surface area contributed by atoms with E-state index in [-0.39, 0.29) is 0 Å². The minimum atomic E-state index is -0.576. The molecule has 3 heterocycles. The molecule has 0 saturated heterocycles. The average molecular weight is 907 g/mol. The van der Waals surface area contributed by atoms with Crippen LogP contribution in [0.15, 0.2) is 255 Å². The molecule has 13 aromatic rings. The Morgan fingerprint density at radius 3 is 1.77 bits per heavy atom. The molecular weight excluding hydrogens is 865 g/mol. The minimum absolute atomic E-state index is 0.576. The Morgan fingerprint density at radius 1 is 0.343 bits per heavy atom. The summed E-state index contributed by atoms with van der Waals surface area (Å²) in [4.78, 5) is 2.53. The summed E-state index contributed by atoms with van der Waals surface area (Å²) in [5.41, 5.74) is 21.5. The topological polar surface area (TPSA) is 8.17 Å². The zero-order valence-electron chi connectivity index (χ0n) is 38.1. The van der Waals surface area contributed by atoms with Gasteiger partial charge in [-0.25, -0.2) is 0 Å². The molecule has 1 aliphatic carbocycles. The van der Waals surface area contributed by atoms with Crippen LogP contribution in [0, 0.1) is 0 Å². The second-order valence-corrected chi connectivity index (χ2v) is 19.7. The van der Waals surface area contributed by atoms with Gasteiger partial charge in [-0.1, -0.05) is 212 Å². The summed E-state index contributed by atoms with van der Waals surface area (Å²) in [7, 11) is 0. The molecule has 15 rings (SSSR count). The molecule has 0 saturated carbocycles. The third-order valence-electron chi connectivity index (χ3n) is 15.2. The Hall–Kier alpha value is -8.76. The van der Waals surface area contributed by atoms with Crippen molar-refractivity contribution in [2.75, 3.05) is 4.90 Å². The molecule has 0 amide bonds. The zero-order valence-corrected chi connectivity index (χ0v) is 38.9. The Kier molecular flexibility index (Phi) is 8.48. The van der Waals surface area contributed by atoms with Crippen LogP contribution < -0.4 is 4.90 Å². The number of benzene rings is 11. The Morgan fingerprint density at radius 2 is 0.900 bits per heavy atom. The number of rotatable bonds is 6. The summed E-state index contributed by atoms with van der Waals surface area (Å²) in [6.45, 7) is 0. The van der Waals surface area contributed by atoms with Gasteiger partial charge in [0.15, 0.2) is 0 Å². The number of nitrogens with zero attached hydrogens (tertiary/aromatic N) is 2. The molecule has 1 spiro atoms. The average Bonchev–Trinajstić information content (AvgIpc) is 4.09. The molecule has 2 aliphatic rings. The number of para-hydroxylation sites is 4. The van der Waals surface area contributed by atoms with Crippen LogP contribution in [0.1, 0.15) is 22.3 Å². The van der Waals surface area contributed by atoms with Gasteiger partial charge < -0.3 is 9.47 Å². The largest absolute Gasteiger partial charge is 0.309 e. The van der Waals surface area contributed by atoms with Crippen LogP contribution in [0.5, 0.6) is 0 Å². The van der Waals surface area contributed by atoms with Gasteiger partial charge in [0.25, 0.3) is 0 Å². The number of hydrogen-bond acceptors (Lipinski definition) is 2. The highest BCUT2D eigenvalue weighted by Crippen LogP contribution is 2.63. The summed E-state index contributed by atoms with van der Waals surface area (Å²) < 4.78 is 5.16.